The molecule has 0 radical (unpaired) electrons. The van der Waals surface area contributed by atoms with Crippen molar-refractivity contribution in [3.63, 3.8) is 0 Å². The molecule has 0 atom stereocenters. The first kappa shape index (κ1) is 12.8. The van der Waals surface area contributed by atoms with Crippen molar-refractivity contribution in [3.8, 4) is 0 Å². The zero-order valence-corrected chi connectivity index (χ0v) is 11.4. The zero-order chi connectivity index (χ0) is 12.3. The fourth-order valence-electron chi connectivity index (χ4n) is 1.96. The van der Waals surface area contributed by atoms with Crippen molar-refractivity contribution in [2.45, 2.75) is 13.5 Å². The predicted octanol–water partition coefficient (Wildman–Crippen LogP) is 3.37. The van der Waals surface area contributed by atoms with E-state index in [0.29, 0.717) is 6.54 Å². The van der Waals surface area contributed by atoms with Gasteiger partial charge in [-0.2, -0.15) is 0 Å². The molecular formula is C13H16ClNOS. The largest absolute Gasteiger partial charge is 0.395 e. The quantitative estimate of drug-likeness (QED) is 0.900. The smallest absolute Gasteiger partial charge is 0.0558 e. The molecule has 0 aliphatic heterocycles. The summed E-state index contributed by atoms with van der Waals surface area (Å²) in [5.41, 5.74) is 1.26. The third-order valence-electron chi connectivity index (χ3n) is 2.88. The SMILES string of the molecule is CCN(CCO)Cc1csc2cccc(Cl)c12. The van der Waals surface area contributed by atoms with E-state index < -0.39 is 0 Å². The number of aliphatic hydroxyl groups is 1. The summed E-state index contributed by atoms with van der Waals surface area (Å²) in [6.07, 6.45) is 0. The second-order valence-electron chi connectivity index (χ2n) is 3.97. The summed E-state index contributed by atoms with van der Waals surface area (Å²) >= 11 is 7.97. The van der Waals surface area contributed by atoms with Crippen LogP contribution in [0.25, 0.3) is 10.1 Å². The zero-order valence-electron chi connectivity index (χ0n) is 9.82. The molecule has 0 aliphatic carbocycles. The van der Waals surface area contributed by atoms with Crippen LogP contribution in [0, 0.1) is 0 Å². The highest BCUT2D eigenvalue weighted by Crippen LogP contribution is 2.32. The number of hydrogen-bond acceptors (Lipinski definition) is 3. The number of hydrogen-bond donors (Lipinski definition) is 1. The van der Waals surface area contributed by atoms with Crippen molar-refractivity contribution in [2.24, 2.45) is 0 Å². The van der Waals surface area contributed by atoms with E-state index in [1.807, 2.05) is 12.1 Å². The van der Waals surface area contributed by atoms with Crippen molar-refractivity contribution in [2.75, 3.05) is 19.7 Å². The van der Waals surface area contributed by atoms with E-state index in [4.69, 9.17) is 16.7 Å². The average Bonchev–Trinajstić information content (AvgIpc) is 2.73. The summed E-state index contributed by atoms with van der Waals surface area (Å²) in [6, 6.07) is 6.01. The molecule has 17 heavy (non-hydrogen) atoms. The third-order valence-corrected chi connectivity index (χ3v) is 4.19. The van der Waals surface area contributed by atoms with Gasteiger partial charge < -0.3 is 5.11 Å². The van der Waals surface area contributed by atoms with Gasteiger partial charge in [-0.3, -0.25) is 4.90 Å². The minimum atomic E-state index is 0.198. The van der Waals surface area contributed by atoms with Gasteiger partial charge in [0.2, 0.25) is 0 Å². The van der Waals surface area contributed by atoms with E-state index in [0.717, 1.165) is 23.5 Å². The van der Waals surface area contributed by atoms with Crippen LogP contribution in [-0.4, -0.2) is 29.7 Å². The molecule has 4 heteroatoms. The third kappa shape index (κ3) is 2.80. The Bertz CT molecular complexity index is 497. The molecule has 1 heterocycles. The predicted molar refractivity (Wildman–Crippen MR) is 74.9 cm³/mol. The number of halogens is 1. The van der Waals surface area contributed by atoms with Gasteiger partial charge in [-0.05, 0) is 29.6 Å². The number of nitrogens with zero attached hydrogens (tertiary/aromatic N) is 1. The van der Waals surface area contributed by atoms with Crippen LogP contribution < -0.4 is 0 Å². The average molecular weight is 270 g/mol. The number of fused-ring (bicyclic) bond motifs is 1. The molecule has 92 valence electrons. The molecule has 0 fully saturated rings. The lowest BCUT2D eigenvalue weighted by Crippen LogP contribution is -2.25. The molecule has 0 unspecified atom stereocenters. The summed E-state index contributed by atoms with van der Waals surface area (Å²) in [7, 11) is 0. The molecule has 2 rings (SSSR count). The molecule has 1 aromatic heterocycles. The molecule has 0 aliphatic rings. The van der Waals surface area contributed by atoms with Crippen LogP contribution in [0.15, 0.2) is 23.6 Å². The molecule has 0 bridgehead atoms. The minimum Gasteiger partial charge on any atom is -0.395 e. The van der Waals surface area contributed by atoms with Gasteiger partial charge in [0.25, 0.3) is 0 Å². The maximum absolute atomic E-state index is 9.00. The second kappa shape index (κ2) is 5.83. The van der Waals surface area contributed by atoms with Gasteiger partial charge in [0.1, 0.15) is 0 Å². The van der Waals surface area contributed by atoms with Crippen molar-refractivity contribution in [1.29, 1.82) is 0 Å². The van der Waals surface area contributed by atoms with Crippen molar-refractivity contribution >= 4 is 33.0 Å². The number of rotatable bonds is 5. The van der Waals surface area contributed by atoms with Crippen molar-refractivity contribution in [1.82, 2.24) is 4.90 Å². The first-order valence-corrected chi connectivity index (χ1v) is 6.99. The van der Waals surface area contributed by atoms with Crippen LogP contribution in [0.5, 0.6) is 0 Å². The van der Waals surface area contributed by atoms with E-state index in [-0.39, 0.29) is 6.61 Å². The normalized spacial score (nSPS) is 11.5. The van der Waals surface area contributed by atoms with Crippen LogP contribution >= 0.6 is 22.9 Å². The number of thiophene rings is 1. The van der Waals surface area contributed by atoms with Gasteiger partial charge in [-0.15, -0.1) is 11.3 Å². The number of benzene rings is 1. The Labute approximate surface area is 110 Å². The Morgan fingerprint density at radius 3 is 2.94 bits per heavy atom. The Kier molecular flexibility index (Phi) is 4.40. The van der Waals surface area contributed by atoms with Gasteiger partial charge in [0, 0.05) is 28.2 Å². The van der Waals surface area contributed by atoms with Gasteiger partial charge >= 0.3 is 0 Å². The minimum absolute atomic E-state index is 0.198. The van der Waals surface area contributed by atoms with Crippen LogP contribution in [0.1, 0.15) is 12.5 Å². The Morgan fingerprint density at radius 1 is 1.41 bits per heavy atom. The molecule has 1 N–H and O–H groups in total. The summed E-state index contributed by atoms with van der Waals surface area (Å²) in [4.78, 5) is 2.21. The fraction of sp³-hybridized carbons (Fsp3) is 0.385. The number of aliphatic hydroxyl groups excluding tert-OH is 1. The summed E-state index contributed by atoms with van der Waals surface area (Å²) in [5, 5.41) is 13.1. The Morgan fingerprint density at radius 2 is 2.24 bits per heavy atom. The number of likely N-dealkylation sites (N-methyl/N-ethyl adjacent to an activating group) is 1. The van der Waals surface area contributed by atoms with Gasteiger partial charge in [-0.25, -0.2) is 0 Å². The van der Waals surface area contributed by atoms with Crippen molar-refractivity contribution in [3.05, 3.63) is 34.2 Å². The first-order chi connectivity index (χ1) is 8.26. The molecule has 0 amide bonds. The standard InChI is InChI=1S/C13H16ClNOS/c1-2-15(6-7-16)8-10-9-17-12-5-3-4-11(14)13(10)12/h3-5,9,16H,2,6-8H2,1H3. The van der Waals surface area contributed by atoms with Gasteiger partial charge in [0.05, 0.1) is 6.61 Å². The summed E-state index contributed by atoms with van der Waals surface area (Å²) < 4.78 is 1.23. The van der Waals surface area contributed by atoms with Crippen LogP contribution in [0.4, 0.5) is 0 Å². The van der Waals surface area contributed by atoms with Crippen LogP contribution in [0.2, 0.25) is 5.02 Å². The highest BCUT2D eigenvalue weighted by molar-refractivity contribution is 7.17. The molecule has 0 saturated heterocycles. The Balaban J connectivity index is 2.29. The van der Waals surface area contributed by atoms with E-state index in [2.05, 4.69) is 23.3 Å². The Hall–Kier alpha value is -0.610. The molecule has 1 aromatic carbocycles. The highest BCUT2D eigenvalue weighted by Gasteiger charge is 2.10. The van der Waals surface area contributed by atoms with Gasteiger partial charge in [0.15, 0.2) is 0 Å². The summed E-state index contributed by atoms with van der Waals surface area (Å²) in [5.74, 6) is 0. The lowest BCUT2D eigenvalue weighted by atomic mass is 10.1. The second-order valence-corrected chi connectivity index (χ2v) is 5.28. The molecule has 0 saturated carbocycles. The molecular weight excluding hydrogens is 254 g/mol. The summed E-state index contributed by atoms with van der Waals surface area (Å²) in [6.45, 7) is 4.79. The van der Waals surface area contributed by atoms with E-state index >= 15 is 0 Å². The fourth-order valence-corrected chi connectivity index (χ4v) is 3.28. The first-order valence-electron chi connectivity index (χ1n) is 5.74. The lowest BCUT2D eigenvalue weighted by Gasteiger charge is -2.18. The molecule has 2 aromatic rings. The lowest BCUT2D eigenvalue weighted by molar-refractivity contribution is 0.197. The molecule has 0 spiro atoms. The van der Waals surface area contributed by atoms with Crippen LogP contribution in [-0.2, 0) is 6.54 Å². The monoisotopic (exact) mass is 269 g/mol. The van der Waals surface area contributed by atoms with E-state index in [1.54, 1.807) is 11.3 Å². The van der Waals surface area contributed by atoms with E-state index in [9.17, 15) is 0 Å². The van der Waals surface area contributed by atoms with Crippen LogP contribution in [0.3, 0.4) is 0 Å². The van der Waals surface area contributed by atoms with E-state index in [1.165, 1.54) is 10.3 Å². The topological polar surface area (TPSA) is 23.5 Å². The maximum Gasteiger partial charge on any atom is 0.0558 e. The maximum atomic E-state index is 9.00. The van der Waals surface area contributed by atoms with Crippen molar-refractivity contribution < 1.29 is 5.11 Å². The van der Waals surface area contributed by atoms with Gasteiger partial charge in [-0.1, -0.05) is 24.6 Å². The molecule has 2 nitrogen and oxygen atoms in total. The highest BCUT2D eigenvalue weighted by atomic mass is 35.5.